The van der Waals surface area contributed by atoms with Gasteiger partial charge in [-0.05, 0) is 19.5 Å². The Labute approximate surface area is 141 Å². The van der Waals surface area contributed by atoms with E-state index in [1.807, 2.05) is 0 Å². The standard InChI is InChI=1S/C20H43N.H3N/c1-3-5-6-7-8-9-10-11-12-13-14-15-16-17-18-19-20-21-4-2;/h21H,3-20H2,1-2H3;1H3. The minimum absolute atomic E-state index is 0. The van der Waals surface area contributed by atoms with Gasteiger partial charge in [0.2, 0.25) is 0 Å². The predicted octanol–water partition coefficient (Wildman–Crippen LogP) is 7.02. The normalized spacial score (nSPS) is 10.6. The fourth-order valence-electron chi connectivity index (χ4n) is 2.97. The Morgan fingerprint density at radius 1 is 0.455 bits per heavy atom. The molecule has 0 aliphatic carbocycles. The second-order valence-corrected chi connectivity index (χ2v) is 6.66. The van der Waals surface area contributed by atoms with Crippen LogP contribution in [-0.4, -0.2) is 13.1 Å². The minimum Gasteiger partial charge on any atom is -0.344 e. The van der Waals surface area contributed by atoms with Gasteiger partial charge in [-0.15, -0.1) is 0 Å². The molecule has 0 heterocycles. The summed E-state index contributed by atoms with van der Waals surface area (Å²) < 4.78 is 0. The molecule has 22 heavy (non-hydrogen) atoms. The highest BCUT2D eigenvalue weighted by Crippen LogP contribution is 2.13. The number of hydrogen-bond acceptors (Lipinski definition) is 2. The summed E-state index contributed by atoms with van der Waals surface area (Å²) in [6.45, 7) is 6.82. The molecule has 0 aliphatic heterocycles. The molecule has 0 fully saturated rings. The summed E-state index contributed by atoms with van der Waals surface area (Å²) in [6.07, 6.45) is 23.3. The first-order valence-electron chi connectivity index (χ1n) is 10.1. The Bertz CT molecular complexity index is 153. The summed E-state index contributed by atoms with van der Waals surface area (Å²) in [5, 5.41) is 3.40. The third-order valence-corrected chi connectivity index (χ3v) is 4.46. The molecule has 0 aromatic heterocycles. The summed E-state index contributed by atoms with van der Waals surface area (Å²) in [6, 6.07) is 0. The van der Waals surface area contributed by atoms with Crippen molar-refractivity contribution in [3.63, 3.8) is 0 Å². The van der Waals surface area contributed by atoms with E-state index in [-0.39, 0.29) is 6.15 Å². The Morgan fingerprint density at radius 2 is 0.773 bits per heavy atom. The SMILES string of the molecule is CCCCCCCCCCCCCCCCCCNCC.N. The Balaban J connectivity index is 0. The molecule has 0 aliphatic rings. The van der Waals surface area contributed by atoms with E-state index in [1.165, 1.54) is 109 Å². The van der Waals surface area contributed by atoms with Crippen LogP contribution in [0.25, 0.3) is 0 Å². The molecule has 136 valence electrons. The van der Waals surface area contributed by atoms with Crippen LogP contribution in [0.4, 0.5) is 0 Å². The summed E-state index contributed by atoms with van der Waals surface area (Å²) in [5.41, 5.74) is 0. The van der Waals surface area contributed by atoms with Crippen LogP contribution < -0.4 is 11.5 Å². The fourth-order valence-corrected chi connectivity index (χ4v) is 2.97. The molecule has 0 spiro atoms. The monoisotopic (exact) mass is 314 g/mol. The van der Waals surface area contributed by atoms with Crippen LogP contribution in [0.3, 0.4) is 0 Å². The molecule has 0 aromatic carbocycles. The number of nitrogens with one attached hydrogen (secondary N) is 1. The van der Waals surface area contributed by atoms with Crippen molar-refractivity contribution in [2.24, 2.45) is 0 Å². The highest BCUT2D eigenvalue weighted by molar-refractivity contribution is 4.50. The maximum Gasteiger partial charge on any atom is -0.00490 e. The largest absolute Gasteiger partial charge is 0.344 e. The molecule has 0 aromatic rings. The lowest BCUT2D eigenvalue weighted by Crippen LogP contribution is -2.13. The number of unbranched alkanes of at least 4 members (excludes halogenated alkanes) is 15. The van der Waals surface area contributed by atoms with E-state index in [9.17, 15) is 0 Å². The second kappa shape index (κ2) is 23.2. The van der Waals surface area contributed by atoms with E-state index in [2.05, 4.69) is 19.2 Å². The van der Waals surface area contributed by atoms with Gasteiger partial charge in [-0.3, -0.25) is 0 Å². The Morgan fingerprint density at radius 3 is 1.09 bits per heavy atom. The first kappa shape index (κ1) is 24.2. The minimum atomic E-state index is 0. The molecular formula is C20H46N2. The molecule has 0 unspecified atom stereocenters. The average Bonchev–Trinajstić information content (AvgIpc) is 2.50. The summed E-state index contributed by atoms with van der Waals surface area (Å²) >= 11 is 0. The molecule has 2 nitrogen and oxygen atoms in total. The Kier molecular flexibility index (Phi) is 25.5. The highest BCUT2D eigenvalue weighted by Gasteiger charge is 1.94. The molecule has 0 saturated heterocycles. The molecule has 0 saturated carbocycles. The van der Waals surface area contributed by atoms with E-state index in [0.717, 1.165) is 6.54 Å². The van der Waals surface area contributed by atoms with Gasteiger partial charge in [-0.25, -0.2) is 0 Å². The number of rotatable bonds is 18. The summed E-state index contributed by atoms with van der Waals surface area (Å²) in [5.74, 6) is 0. The molecule has 4 N–H and O–H groups in total. The van der Waals surface area contributed by atoms with Crippen LogP contribution in [0.2, 0.25) is 0 Å². The van der Waals surface area contributed by atoms with Crippen molar-refractivity contribution in [1.29, 1.82) is 0 Å². The Hall–Kier alpha value is -0.0800. The maximum absolute atomic E-state index is 3.40. The maximum atomic E-state index is 3.40. The van der Waals surface area contributed by atoms with Crippen LogP contribution in [0.1, 0.15) is 117 Å². The van der Waals surface area contributed by atoms with Crippen LogP contribution in [0.5, 0.6) is 0 Å². The molecule has 0 bridgehead atoms. The van der Waals surface area contributed by atoms with Crippen molar-refractivity contribution in [3.05, 3.63) is 0 Å². The summed E-state index contributed by atoms with van der Waals surface area (Å²) in [4.78, 5) is 0. The second-order valence-electron chi connectivity index (χ2n) is 6.66. The van der Waals surface area contributed by atoms with Gasteiger partial charge in [0.1, 0.15) is 0 Å². The van der Waals surface area contributed by atoms with Crippen molar-refractivity contribution >= 4 is 0 Å². The smallest absolute Gasteiger partial charge is 0.00490 e. The molecule has 0 amide bonds. The van der Waals surface area contributed by atoms with E-state index in [4.69, 9.17) is 0 Å². The van der Waals surface area contributed by atoms with Gasteiger partial charge >= 0.3 is 0 Å². The molecule has 0 rings (SSSR count). The van der Waals surface area contributed by atoms with Gasteiger partial charge in [0.15, 0.2) is 0 Å². The van der Waals surface area contributed by atoms with Crippen molar-refractivity contribution in [3.8, 4) is 0 Å². The summed E-state index contributed by atoms with van der Waals surface area (Å²) in [7, 11) is 0. The van der Waals surface area contributed by atoms with Gasteiger partial charge in [-0.1, -0.05) is 110 Å². The van der Waals surface area contributed by atoms with Gasteiger partial charge in [-0.2, -0.15) is 0 Å². The van der Waals surface area contributed by atoms with Crippen molar-refractivity contribution in [2.45, 2.75) is 117 Å². The van der Waals surface area contributed by atoms with Crippen LogP contribution >= 0.6 is 0 Å². The highest BCUT2D eigenvalue weighted by atomic mass is 14.8. The zero-order valence-electron chi connectivity index (χ0n) is 15.9. The lowest BCUT2D eigenvalue weighted by Gasteiger charge is -2.04. The molecule has 0 radical (unpaired) electrons. The molecule has 2 heteroatoms. The lowest BCUT2D eigenvalue weighted by molar-refractivity contribution is 0.526. The van der Waals surface area contributed by atoms with E-state index in [1.54, 1.807) is 0 Å². The van der Waals surface area contributed by atoms with Gasteiger partial charge in [0.05, 0.1) is 0 Å². The predicted molar refractivity (Wildman–Crippen MR) is 103 cm³/mol. The van der Waals surface area contributed by atoms with Crippen molar-refractivity contribution in [1.82, 2.24) is 11.5 Å². The molecular weight excluding hydrogens is 268 g/mol. The fraction of sp³-hybridized carbons (Fsp3) is 1.00. The van der Waals surface area contributed by atoms with Gasteiger partial charge in [0, 0.05) is 0 Å². The molecule has 0 atom stereocenters. The third-order valence-electron chi connectivity index (χ3n) is 4.46. The van der Waals surface area contributed by atoms with Crippen LogP contribution in [-0.2, 0) is 0 Å². The van der Waals surface area contributed by atoms with E-state index < -0.39 is 0 Å². The van der Waals surface area contributed by atoms with Crippen molar-refractivity contribution < 1.29 is 0 Å². The van der Waals surface area contributed by atoms with E-state index in [0.29, 0.717) is 0 Å². The first-order chi connectivity index (χ1) is 10.4. The van der Waals surface area contributed by atoms with Crippen molar-refractivity contribution in [2.75, 3.05) is 13.1 Å². The van der Waals surface area contributed by atoms with Crippen LogP contribution in [0.15, 0.2) is 0 Å². The zero-order valence-corrected chi connectivity index (χ0v) is 15.9. The zero-order chi connectivity index (χ0) is 15.4. The van der Waals surface area contributed by atoms with Crippen LogP contribution in [0, 0.1) is 0 Å². The van der Waals surface area contributed by atoms with E-state index >= 15 is 0 Å². The number of hydrogen-bond donors (Lipinski definition) is 2. The van der Waals surface area contributed by atoms with Gasteiger partial charge in [0.25, 0.3) is 0 Å². The average molecular weight is 315 g/mol. The third kappa shape index (κ3) is 22.2. The topological polar surface area (TPSA) is 47.0 Å². The quantitative estimate of drug-likeness (QED) is 0.267. The van der Waals surface area contributed by atoms with Gasteiger partial charge < -0.3 is 11.5 Å². The first-order valence-corrected chi connectivity index (χ1v) is 10.1. The lowest BCUT2D eigenvalue weighted by atomic mass is 10.0.